The van der Waals surface area contributed by atoms with Crippen LogP contribution >= 0.6 is 0 Å². The fourth-order valence-electron chi connectivity index (χ4n) is 2.92. The molecule has 0 spiro atoms. The molecular weight excluding hydrogens is 312 g/mol. The van der Waals surface area contributed by atoms with E-state index in [-0.39, 0.29) is 11.9 Å². The number of carbonyl (C=O) groups excluding carboxylic acids is 2. The van der Waals surface area contributed by atoms with Gasteiger partial charge in [0, 0.05) is 6.42 Å². The smallest absolute Gasteiger partial charge is 0.316 e. The number of unbranched alkanes of at least 4 members (excludes halogenated alkanes) is 14. The predicted molar refractivity (Wildman–Crippen MR) is 105 cm³/mol. The van der Waals surface area contributed by atoms with Crippen LogP contribution in [0.2, 0.25) is 0 Å². The van der Waals surface area contributed by atoms with Crippen molar-refractivity contribution in [3.8, 4) is 0 Å². The molecule has 0 bridgehead atoms. The Morgan fingerprint density at radius 3 is 1.36 bits per heavy atom. The van der Waals surface area contributed by atoms with Gasteiger partial charge in [0.15, 0.2) is 0 Å². The van der Waals surface area contributed by atoms with E-state index < -0.39 is 5.97 Å². The Labute approximate surface area is 156 Å². The highest BCUT2D eigenvalue weighted by atomic mass is 16.6. The Morgan fingerprint density at radius 1 is 0.640 bits per heavy atom. The predicted octanol–water partition coefficient (Wildman–Crippen LogP) is 6.97. The molecule has 0 saturated carbocycles. The Hall–Kier alpha value is -0.860. The Balaban J connectivity index is 3.19. The number of esters is 2. The largest absolute Gasteiger partial charge is 0.393 e. The second-order valence-corrected chi connectivity index (χ2v) is 7.65. The highest BCUT2D eigenvalue weighted by Gasteiger charge is 2.13. The SMILES string of the molecule is CCCCCCCCCCCCCCCCCC(=O)OC(=O)C(C)C. The molecule has 3 nitrogen and oxygen atoms in total. The van der Waals surface area contributed by atoms with E-state index in [1.54, 1.807) is 13.8 Å². The summed E-state index contributed by atoms with van der Waals surface area (Å²) in [4.78, 5) is 22.7. The normalized spacial score (nSPS) is 11.0. The molecular formula is C22H42O3. The van der Waals surface area contributed by atoms with Gasteiger partial charge >= 0.3 is 11.9 Å². The minimum absolute atomic E-state index is 0.231. The second kappa shape index (κ2) is 17.9. The third-order valence-corrected chi connectivity index (χ3v) is 4.67. The van der Waals surface area contributed by atoms with E-state index in [9.17, 15) is 9.59 Å². The lowest BCUT2D eigenvalue weighted by Gasteiger charge is -2.05. The van der Waals surface area contributed by atoms with Crippen LogP contribution < -0.4 is 0 Å². The lowest BCUT2D eigenvalue weighted by molar-refractivity contribution is -0.162. The van der Waals surface area contributed by atoms with Gasteiger partial charge in [0.05, 0.1) is 5.92 Å². The van der Waals surface area contributed by atoms with E-state index >= 15 is 0 Å². The van der Waals surface area contributed by atoms with E-state index in [0.29, 0.717) is 6.42 Å². The number of hydrogen-bond acceptors (Lipinski definition) is 3. The third kappa shape index (κ3) is 17.7. The molecule has 0 heterocycles. The first-order valence-electron chi connectivity index (χ1n) is 10.8. The van der Waals surface area contributed by atoms with E-state index in [2.05, 4.69) is 6.92 Å². The monoisotopic (exact) mass is 354 g/mol. The van der Waals surface area contributed by atoms with Crippen molar-refractivity contribution in [3.05, 3.63) is 0 Å². The second-order valence-electron chi connectivity index (χ2n) is 7.65. The van der Waals surface area contributed by atoms with Gasteiger partial charge in [0.2, 0.25) is 0 Å². The quantitative estimate of drug-likeness (QED) is 0.161. The standard InChI is InChI=1S/C22H42O3/c1-4-5-6-7-8-9-10-11-12-13-14-15-16-17-18-19-21(23)25-22(24)20(2)3/h20H,4-19H2,1-3H3. The van der Waals surface area contributed by atoms with Crippen LogP contribution in [0.25, 0.3) is 0 Å². The molecule has 148 valence electrons. The summed E-state index contributed by atoms with van der Waals surface area (Å²) in [5.74, 6) is -1.01. The average Bonchev–Trinajstić information content (AvgIpc) is 2.58. The molecule has 0 N–H and O–H groups in total. The highest BCUT2D eigenvalue weighted by Crippen LogP contribution is 2.13. The molecule has 0 fully saturated rings. The maximum Gasteiger partial charge on any atom is 0.316 e. The van der Waals surface area contributed by atoms with Crippen LogP contribution in [0.1, 0.15) is 124 Å². The van der Waals surface area contributed by atoms with Gasteiger partial charge in [-0.3, -0.25) is 9.59 Å². The molecule has 0 atom stereocenters. The Kier molecular flexibility index (Phi) is 17.3. The molecule has 0 aromatic heterocycles. The zero-order valence-electron chi connectivity index (χ0n) is 17.1. The molecule has 0 radical (unpaired) electrons. The number of ether oxygens (including phenoxy) is 1. The van der Waals surface area contributed by atoms with Crippen LogP contribution in [0.3, 0.4) is 0 Å². The molecule has 25 heavy (non-hydrogen) atoms. The van der Waals surface area contributed by atoms with Gasteiger partial charge < -0.3 is 4.74 Å². The third-order valence-electron chi connectivity index (χ3n) is 4.67. The van der Waals surface area contributed by atoms with Gasteiger partial charge in [0.1, 0.15) is 0 Å². The van der Waals surface area contributed by atoms with Crippen LogP contribution in [0.5, 0.6) is 0 Å². The topological polar surface area (TPSA) is 43.4 Å². The zero-order chi connectivity index (χ0) is 18.8. The molecule has 0 saturated heterocycles. The van der Waals surface area contributed by atoms with Crippen molar-refractivity contribution in [2.45, 2.75) is 124 Å². The van der Waals surface area contributed by atoms with Crippen molar-refractivity contribution in [1.29, 1.82) is 0 Å². The van der Waals surface area contributed by atoms with Crippen molar-refractivity contribution in [2.24, 2.45) is 5.92 Å². The van der Waals surface area contributed by atoms with E-state index in [1.165, 1.54) is 83.5 Å². The molecule has 0 aromatic rings. The number of rotatable bonds is 17. The molecule has 0 aliphatic carbocycles. The summed E-state index contributed by atoms with van der Waals surface area (Å²) in [5.41, 5.74) is 0. The average molecular weight is 355 g/mol. The summed E-state index contributed by atoms with van der Waals surface area (Å²) in [6.45, 7) is 5.75. The molecule has 0 aliphatic heterocycles. The zero-order valence-corrected chi connectivity index (χ0v) is 17.1. The van der Waals surface area contributed by atoms with Gasteiger partial charge in [-0.05, 0) is 6.42 Å². The first-order valence-corrected chi connectivity index (χ1v) is 10.8. The van der Waals surface area contributed by atoms with Crippen molar-refractivity contribution >= 4 is 11.9 Å². The lowest BCUT2D eigenvalue weighted by Crippen LogP contribution is -2.16. The summed E-state index contributed by atoms with van der Waals surface area (Å²) < 4.78 is 4.75. The van der Waals surface area contributed by atoms with Crippen LogP contribution in [0.15, 0.2) is 0 Å². The van der Waals surface area contributed by atoms with E-state index in [1.807, 2.05) is 0 Å². The van der Waals surface area contributed by atoms with Gasteiger partial charge in [-0.15, -0.1) is 0 Å². The molecule has 0 aromatic carbocycles. The fraction of sp³-hybridized carbons (Fsp3) is 0.909. The molecule has 0 unspecified atom stereocenters. The van der Waals surface area contributed by atoms with Gasteiger partial charge in [-0.2, -0.15) is 0 Å². The highest BCUT2D eigenvalue weighted by molar-refractivity contribution is 5.86. The first-order chi connectivity index (χ1) is 12.1. The van der Waals surface area contributed by atoms with Crippen LogP contribution in [0, 0.1) is 5.92 Å². The van der Waals surface area contributed by atoms with Gasteiger partial charge in [0.25, 0.3) is 0 Å². The lowest BCUT2D eigenvalue weighted by atomic mass is 10.0. The van der Waals surface area contributed by atoms with Crippen LogP contribution in [-0.2, 0) is 14.3 Å². The summed E-state index contributed by atoms with van der Waals surface area (Å²) in [6.07, 6.45) is 20.0. The Bertz CT molecular complexity index is 323. The maximum atomic E-state index is 11.4. The Morgan fingerprint density at radius 2 is 1.00 bits per heavy atom. The van der Waals surface area contributed by atoms with Crippen molar-refractivity contribution in [3.63, 3.8) is 0 Å². The van der Waals surface area contributed by atoms with Gasteiger partial charge in [-0.25, -0.2) is 0 Å². The number of carbonyl (C=O) groups is 2. The minimum Gasteiger partial charge on any atom is -0.393 e. The first kappa shape index (κ1) is 24.1. The fourth-order valence-corrected chi connectivity index (χ4v) is 2.92. The molecule has 0 rings (SSSR count). The summed E-state index contributed by atoms with van der Waals surface area (Å²) in [6, 6.07) is 0. The van der Waals surface area contributed by atoms with Crippen LogP contribution in [0.4, 0.5) is 0 Å². The van der Waals surface area contributed by atoms with Crippen molar-refractivity contribution in [2.75, 3.05) is 0 Å². The number of hydrogen-bond donors (Lipinski definition) is 0. The summed E-state index contributed by atoms with van der Waals surface area (Å²) in [7, 11) is 0. The van der Waals surface area contributed by atoms with Crippen molar-refractivity contribution in [1.82, 2.24) is 0 Å². The van der Waals surface area contributed by atoms with Crippen molar-refractivity contribution < 1.29 is 14.3 Å². The molecule has 0 aliphatic rings. The van der Waals surface area contributed by atoms with Gasteiger partial charge in [-0.1, -0.05) is 111 Å². The molecule has 0 amide bonds. The molecule has 3 heteroatoms. The maximum absolute atomic E-state index is 11.4. The summed E-state index contributed by atoms with van der Waals surface area (Å²) >= 11 is 0. The summed E-state index contributed by atoms with van der Waals surface area (Å²) in [5, 5.41) is 0. The van der Waals surface area contributed by atoms with E-state index in [0.717, 1.165) is 12.8 Å². The minimum atomic E-state index is -0.411. The van der Waals surface area contributed by atoms with Crippen LogP contribution in [-0.4, -0.2) is 11.9 Å². The van der Waals surface area contributed by atoms with E-state index in [4.69, 9.17) is 4.74 Å².